The van der Waals surface area contributed by atoms with Gasteiger partial charge in [-0.2, -0.15) is 10.4 Å². The van der Waals surface area contributed by atoms with Crippen LogP contribution in [0.25, 0.3) is 27.5 Å². The van der Waals surface area contributed by atoms with Gasteiger partial charge in [-0.3, -0.25) is 5.10 Å². The maximum atomic E-state index is 16.1. The molecule has 0 aliphatic heterocycles. The average molecular weight is 496 g/mol. The minimum atomic E-state index is -1.41. The summed E-state index contributed by atoms with van der Waals surface area (Å²) in [5.41, 5.74) is -0.403. The van der Waals surface area contributed by atoms with E-state index in [1.807, 2.05) is 13.8 Å². The number of ether oxygens (including phenoxy) is 1. The van der Waals surface area contributed by atoms with Gasteiger partial charge in [0.25, 0.3) is 0 Å². The standard InChI is InChI=1S/C26H23F3N4O3/c1-25(2,6-7-30)23-19(14-10-26(11-14,36-3)24(34)35)20-18(8-13-12-31-32-22(13)21(20)29)33(23)15-4-5-16(27)17(28)9-15/h4-5,8-9,12,14H,6,10-11H2,1-3H3,(H,31,32)(H,34,35)/t14-,26+. The second-order valence-electron chi connectivity index (χ2n) is 9.94. The predicted molar refractivity (Wildman–Crippen MR) is 125 cm³/mol. The molecule has 1 aliphatic rings. The van der Waals surface area contributed by atoms with Gasteiger partial charge in [0.05, 0.1) is 17.8 Å². The number of benzene rings is 2. The van der Waals surface area contributed by atoms with Gasteiger partial charge in [-0.05, 0) is 42.5 Å². The Morgan fingerprint density at radius 2 is 2.03 bits per heavy atom. The number of carboxylic acids is 1. The normalized spacial score (nSPS) is 20.0. The van der Waals surface area contributed by atoms with Crippen LogP contribution >= 0.6 is 0 Å². The lowest BCUT2D eigenvalue weighted by Crippen LogP contribution is -2.51. The summed E-state index contributed by atoms with van der Waals surface area (Å²) in [5, 5.41) is 26.6. The molecule has 4 aromatic rings. The first-order valence-electron chi connectivity index (χ1n) is 11.4. The van der Waals surface area contributed by atoms with Gasteiger partial charge < -0.3 is 14.4 Å². The van der Waals surface area contributed by atoms with E-state index in [0.717, 1.165) is 12.1 Å². The fourth-order valence-electron chi connectivity index (χ4n) is 5.44. The summed E-state index contributed by atoms with van der Waals surface area (Å²) in [6.45, 7) is 3.63. The van der Waals surface area contributed by atoms with Gasteiger partial charge in [0.15, 0.2) is 23.1 Å². The Labute approximate surface area is 204 Å². The zero-order chi connectivity index (χ0) is 26.0. The van der Waals surface area contributed by atoms with Crippen molar-refractivity contribution >= 4 is 27.8 Å². The van der Waals surface area contributed by atoms with Crippen LogP contribution in [0, 0.1) is 28.8 Å². The highest BCUT2D eigenvalue weighted by atomic mass is 19.2. The second-order valence-corrected chi connectivity index (χ2v) is 9.94. The van der Waals surface area contributed by atoms with Crippen LogP contribution in [0.15, 0.2) is 30.5 Å². The number of carboxylic acid groups (broad SMARTS) is 1. The highest BCUT2D eigenvalue weighted by Gasteiger charge is 2.54. The molecule has 0 saturated heterocycles. The third-order valence-electron chi connectivity index (χ3n) is 7.31. The number of aliphatic carboxylic acids is 1. The molecule has 0 amide bonds. The van der Waals surface area contributed by atoms with Crippen molar-refractivity contribution < 1.29 is 27.8 Å². The van der Waals surface area contributed by atoms with Crippen molar-refractivity contribution in [2.75, 3.05) is 7.11 Å². The smallest absolute Gasteiger partial charge is 0.335 e. The maximum absolute atomic E-state index is 16.1. The topological polar surface area (TPSA) is 104 Å². The highest BCUT2D eigenvalue weighted by Crippen LogP contribution is 2.54. The molecule has 7 nitrogen and oxygen atoms in total. The summed E-state index contributed by atoms with van der Waals surface area (Å²) in [5.74, 6) is -4.21. The van der Waals surface area contributed by atoms with Crippen LogP contribution < -0.4 is 0 Å². The molecule has 0 atom stereocenters. The van der Waals surface area contributed by atoms with Crippen LogP contribution in [0.4, 0.5) is 13.2 Å². The molecule has 0 bridgehead atoms. The molecule has 2 heterocycles. The number of fused-ring (bicyclic) bond motifs is 2. The minimum Gasteiger partial charge on any atom is -0.479 e. The summed E-state index contributed by atoms with van der Waals surface area (Å²) in [4.78, 5) is 11.9. The third kappa shape index (κ3) is 3.30. The number of methoxy groups -OCH3 is 1. The lowest BCUT2D eigenvalue weighted by Gasteiger charge is -2.44. The van der Waals surface area contributed by atoms with Crippen molar-refractivity contribution in [3.8, 4) is 11.8 Å². The van der Waals surface area contributed by atoms with E-state index in [2.05, 4.69) is 16.3 Å². The molecule has 2 aromatic carbocycles. The molecule has 186 valence electrons. The largest absolute Gasteiger partial charge is 0.479 e. The monoisotopic (exact) mass is 496 g/mol. The number of aromatic amines is 1. The fraction of sp³-hybridized carbons (Fsp3) is 0.346. The molecular weight excluding hydrogens is 473 g/mol. The number of nitriles is 1. The van der Waals surface area contributed by atoms with E-state index < -0.39 is 40.4 Å². The number of nitrogens with one attached hydrogen (secondary N) is 1. The first-order valence-corrected chi connectivity index (χ1v) is 11.4. The van der Waals surface area contributed by atoms with E-state index in [1.165, 1.54) is 19.4 Å². The molecule has 5 rings (SSSR count). The van der Waals surface area contributed by atoms with Crippen molar-refractivity contribution in [2.24, 2.45) is 0 Å². The van der Waals surface area contributed by atoms with Gasteiger partial charge in [0.2, 0.25) is 0 Å². The van der Waals surface area contributed by atoms with E-state index in [0.29, 0.717) is 22.2 Å². The highest BCUT2D eigenvalue weighted by molar-refractivity contribution is 6.00. The fourth-order valence-corrected chi connectivity index (χ4v) is 5.44. The van der Waals surface area contributed by atoms with Crippen LogP contribution in [-0.4, -0.2) is 38.6 Å². The van der Waals surface area contributed by atoms with Crippen molar-refractivity contribution in [3.63, 3.8) is 0 Å². The predicted octanol–water partition coefficient (Wildman–Crippen LogP) is 5.46. The number of aromatic nitrogens is 3. The Hall–Kier alpha value is -3.84. The van der Waals surface area contributed by atoms with Crippen molar-refractivity contribution in [1.82, 2.24) is 14.8 Å². The van der Waals surface area contributed by atoms with Gasteiger partial charge >= 0.3 is 5.97 Å². The van der Waals surface area contributed by atoms with Gasteiger partial charge in [-0.25, -0.2) is 18.0 Å². The molecule has 0 spiro atoms. The Balaban J connectivity index is 1.91. The number of hydrogen-bond acceptors (Lipinski definition) is 4. The van der Waals surface area contributed by atoms with Crippen LogP contribution in [0.5, 0.6) is 0 Å². The maximum Gasteiger partial charge on any atom is 0.335 e. The average Bonchev–Trinajstić information content (AvgIpc) is 3.39. The molecule has 1 fully saturated rings. The molecule has 1 saturated carbocycles. The van der Waals surface area contributed by atoms with E-state index in [9.17, 15) is 23.9 Å². The lowest BCUT2D eigenvalue weighted by atomic mass is 9.65. The zero-order valence-corrected chi connectivity index (χ0v) is 19.8. The van der Waals surface area contributed by atoms with Gasteiger partial charge in [-0.15, -0.1) is 0 Å². The number of halogens is 3. The Kier molecular flexibility index (Phi) is 5.37. The Bertz CT molecular complexity index is 1580. The van der Waals surface area contributed by atoms with Gasteiger partial charge in [0.1, 0.15) is 5.52 Å². The zero-order valence-electron chi connectivity index (χ0n) is 19.8. The molecular formula is C26H23F3N4O3. The molecule has 36 heavy (non-hydrogen) atoms. The van der Waals surface area contributed by atoms with E-state index in [1.54, 1.807) is 10.6 Å². The number of hydrogen-bond donors (Lipinski definition) is 2. The molecule has 0 unspecified atom stereocenters. The number of carbonyl (C=O) groups is 1. The SMILES string of the molecule is CO[C@]1(C(=O)O)C[C@H](c2c(C(C)(C)CC#N)n(-c3ccc(F)c(F)c3)c3cc4cn[nH]c4c(F)c32)C1. The van der Waals surface area contributed by atoms with Crippen molar-refractivity contribution in [2.45, 2.75) is 50.0 Å². The van der Waals surface area contributed by atoms with E-state index >= 15 is 4.39 Å². The first-order chi connectivity index (χ1) is 17.0. The molecule has 2 N–H and O–H groups in total. The van der Waals surface area contributed by atoms with Crippen molar-refractivity contribution in [1.29, 1.82) is 5.26 Å². The third-order valence-corrected chi connectivity index (χ3v) is 7.31. The summed E-state index contributed by atoms with van der Waals surface area (Å²) >= 11 is 0. The van der Waals surface area contributed by atoms with Gasteiger partial charge in [-0.1, -0.05) is 13.8 Å². The van der Waals surface area contributed by atoms with Gasteiger partial charge in [0, 0.05) is 47.2 Å². The number of nitrogens with zero attached hydrogens (tertiary/aromatic N) is 3. The van der Waals surface area contributed by atoms with Crippen LogP contribution in [0.1, 0.15) is 50.3 Å². The van der Waals surface area contributed by atoms with Crippen molar-refractivity contribution in [3.05, 3.63) is 59.2 Å². The summed E-state index contributed by atoms with van der Waals surface area (Å²) in [7, 11) is 1.32. The Morgan fingerprint density at radius 1 is 1.31 bits per heavy atom. The molecule has 10 heteroatoms. The summed E-state index contributed by atoms with van der Waals surface area (Å²) < 4.78 is 51.3. The minimum absolute atomic E-state index is 0.0438. The van der Waals surface area contributed by atoms with Crippen LogP contribution in [0.2, 0.25) is 0 Å². The number of H-pyrrole nitrogens is 1. The lowest BCUT2D eigenvalue weighted by molar-refractivity contribution is -0.175. The molecule has 0 radical (unpaired) electrons. The molecule has 1 aliphatic carbocycles. The Morgan fingerprint density at radius 3 is 2.64 bits per heavy atom. The van der Waals surface area contributed by atoms with E-state index in [-0.39, 0.29) is 35.9 Å². The van der Waals surface area contributed by atoms with Crippen LogP contribution in [0.3, 0.4) is 0 Å². The number of rotatable bonds is 6. The molecule has 2 aromatic heterocycles. The second kappa shape index (κ2) is 8.10. The quantitative estimate of drug-likeness (QED) is 0.369. The van der Waals surface area contributed by atoms with E-state index in [4.69, 9.17) is 4.74 Å². The summed E-state index contributed by atoms with van der Waals surface area (Å²) in [6.07, 6.45) is 1.68. The summed E-state index contributed by atoms with van der Waals surface area (Å²) in [6, 6.07) is 7.28. The first kappa shape index (κ1) is 23.9. The van der Waals surface area contributed by atoms with Crippen LogP contribution in [-0.2, 0) is 14.9 Å².